The van der Waals surface area contributed by atoms with Crippen molar-refractivity contribution in [1.29, 1.82) is 0 Å². The third-order valence-electron chi connectivity index (χ3n) is 1.90. The molecule has 0 rings (SSSR count). The Morgan fingerprint density at radius 2 is 1.92 bits per heavy atom. The second kappa shape index (κ2) is 6.40. The van der Waals surface area contributed by atoms with Crippen molar-refractivity contribution in [3.8, 4) is 0 Å². The van der Waals surface area contributed by atoms with Crippen LogP contribution in [0.3, 0.4) is 0 Å². The van der Waals surface area contributed by atoms with Gasteiger partial charge in [0.1, 0.15) is 0 Å². The predicted octanol–water partition coefficient (Wildman–Crippen LogP) is 0.460. The van der Waals surface area contributed by atoms with E-state index in [2.05, 4.69) is 25.7 Å². The fraction of sp³-hybridized carbons (Fsp3) is 1.00. The zero-order valence-electron chi connectivity index (χ0n) is 8.32. The quantitative estimate of drug-likeness (QED) is 0.616. The average molecular weight is 175 g/mol. The molecule has 0 saturated heterocycles. The molecule has 0 aliphatic rings. The van der Waals surface area contributed by atoms with E-state index >= 15 is 0 Å². The minimum atomic E-state index is -0.598. The Labute approximate surface area is 75.0 Å². The highest BCUT2D eigenvalue weighted by Gasteiger charge is 2.12. The summed E-state index contributed by atoms with van der Waals surface area (Å²) in [4.78, 5) is 2.17. The van der Waals surface area contributed by atoms with Crippen LogP contribution in [0.1, 0.15) is 27.2 Å². The SMILES string of the molecule is CCCN(CC(O)CO)C(C)C. The topological polar surface area (TPSA) is 43.7 Å². The van der Waals surface area contributed by atoms with Crippen molar-refractivity contribution in [2.24, 2.45) is 0 Å². The molecule has 0 heterocycles. The number of nitrogens with zero attached hydrogens (tertiary/aromatic N) is 1. The van der Waals surface area contributed by atoms with Gasteiger partial charge in [0.25, 0.3) is 0 Å². The summed E-state index contributed by atoms with van der Waals surface area (Å²) in [5.74, 6) is 0. The lowest BCUT2D eigenvalue weighted by molar-refractivity contribution is 0.0494. The van der Waals surface area contributed by atoms with E-state index in [1.807, 2.05) is 0 Å². The van der Waals surface area contributed by atoms with Crippen molar-refractivity contribution < 1.29 is 10.2 Å². The summed E-state index contributed by atoms with van der Waals surface area (Å²) in [6, 6.07) is 0.436. The van der Waals surface area contributed by atoms with E-state index in [0.29, 0.717) is 12.6 Å². The van der Waals surface area contributed by atoms with Gasteiger partial charge in [-0.25, -0.2) is 0 Å². The second-order valence-corrected chi connectivity index (χ2v) is 3.43. The monoisotopic (exact) mass is 175 g/mol. The van der Waals surface area contributed by atoms with E-state index in [0.717, 1.165) is 13.0 Å². The van der Waals surface area contributed by atoms with Gasteiger partial charge in [-0.1, -0.05) is 6.92 Å². The molecule has 0 radical (unpaired) electrons. The molecule has 1 unspecified atom stereocenters. The Bertz CT molecular complexity index is 107. The van der Waals surface area contributed by atoms with E-state index in [9.17, 15) is 5.11 Å². The van der Waals surface area contributed by atoms with Crippen molar-refractivity contribution >= 4 is 0 Å². The summed E-state index contributed by atoms with van der Waals surface area (Å²) >= 11 is 0. The van der Waals surface area contributed by atoms with Crippen molar-refractivity contribution in [3.63, 3.8) is 0 Å². The smallest absolute Gasteiger partial charge is 0.0897 e. The molecular weight excluding hydrogens is 154 g/mol. The highest BCUT2D eigenvalue weighted by atomic mass is 16.3. The van der Waals surface area contributed by atoms with Crippen LogP contribution >= 0.6 is 0 Å². The normalized spacial score (nSPS) is 14.2. The van der Waals surface area contributed by atoms with Crippen molar-refractivity contribution in [2.75, 3.05) is 19.7 Å². The van der Waals surface area contributed by atoms with Gasteiger partial charge in [0.2, 0.25) is 0 Å². The highest BCUT2D eigenvalue weighted by Crippen LogP contribution is 2.00. The van der Waals surface area contributed by atoms with E-state index in [1.54, 1.807) is 0 Å². The first-order valence-electron chi connectivity index (χ1n) is 4.64. The lowest BCUT2D eigenvalue weighted by atomic mass is 10.2. The van der Waals surface area contributed by atoms with E-state index < -0.39 is 6.10 Å². The zero-order chi connectivity index (χ0) is 9.56. The summed E-state index contributed by atoms with van der Waals surface area (Å²) in [6.07, 6.45) is 0.481. The first kappa shape index (κ1) is 11.9. The van der Waals surface area contributed by atoms with Crippen LogP contribution in [0.4, 0.5) is 0 Å². The van der Waals surface area contributed by atoms with Crippen LogP contribution in [-0.2, 0) is 0 Å². The molecule has 3 nitrogen and oxygen atoms in total. The Morgan fingerprint density at radius 3 is 2.25 bits per heavy atom. The lowest BCUT2D eigenvalue weighted by Gasteiger charge is -2.27. The van der Waals surface area contributed by atoms with Crippen LogP contribution in [0.5, 0.6) is 0 Å². The zero-order valence-corrected chi connectivity index (χ0v) is 8.32. The Morgan fingerprint density at radius 1 is 1.33 bits per heavy atom. The molecule has 12 heavy (non-hydrogen) atoms. The second-order valence-electron chi connectivity index (χ2n) is 3.43. The number of rotatable bonds is 6. The molecule has 0 aromatic carbocycles. The number of hydrogen-bond acceptors (Lipinski definition) is 3. The maximum atomic E-state index is 9.21. The van der Waals surface area contributed by atoms with Crippen LogP contribution in [-0.4, -0.2) is 47.0 Å². The molecule has 0 aromatic rings. The molecule has 1 atom stereocenters. The first-order valence-corrected chi connectivity index (χ1v) is 4.64. The number of aliphatic hydroxyl groups is 2. The molecule has 0 spiro atoms. The van der Waals surface area contributed by atoms with Gasteiger partial charge in [-0.3, -0.25) is 4.90 Å². The van der Waals surface area contributed by atoms with Crippen molar-refractivity contribution in [1.82, 2.24) is 4.90 Å². The summed E-state index contributed by atoms with van der Waals surface area (Å²) in [7, 11) is 0. The summed E-state index contributed by atoms with van der Waals surface area (Å²) in [6.45, 7) is 7.71. The fourth-order valence-electron chi connectivity index (χ4n) is 1.18. The molecular formula is C9H21NO2. The van der Waals surface area contributed by atoms with Gasteiger partial charge in [0, 0.05) is 12.6 Å². The van der Waals surface area contributed by atoms with Gasteiger partial charge >= 0.3 is 0 Å². The first-order chi connectivity index (χ1) is 5.61. The van der Waals surface area contributed by atoms with Gasteiger partial charge in [0.05, 0.1) is 12.7 Å². The van der Waals surface area contributed by atoms with Crippen LogP contribution in [0.2, 0.25) is 0 Å². The molecule has 0 aliphatic carbocycles. The summed E-state index contributed by atoms with van der Waals surface area (Å²) in [5, 5.41) is 17.9. The molecule has 3 heteroatoms. The molecule has 2 N–H and O–H groups in total. The van der Waals surface area contributed by atoms with Gasteiger partial charge < -0.3 is 10.2 Å². The van der Waals surface area contributed by atoms with Crippen LogP contribution < -0.4 is 0 Å². The molecule has 0 aliphatic heterocycles. The third-order valence-corrected chi connectivity index (χ3v) is 1.90. The molecule has 0 aromatic heterocycles. The van der Waals surface area contributed by atoms with Gasteiger partial charge in [-0.15, -0.1) is 0 Å². The molecule has 0 amide bonds. The van der Waals surface area contributed by atoms with Crippen LogP contribution in [0.15, 0.2) is 0 Å². The number of hydrogen-bond donors (Lipinski definition) is 2. The lowest BCUT2D eigenvalue weighted by Crippen LogP contribution is -2.39. The molecule has 0 saturated carbocycles. The minimum absolute atomic E-state index is 0.146. The van der Waals surface area contributed by atoms with Gasteiger partial charge in [0.15, 0.2) is 0 Å². The van der Waals surface area contributed by atoms with Crippen LogP contribution in [0, 0.1) is 0 Å². The minimum Gasteiger partial charge on any atom is -0.394 e. The average Bonchev–Trinajstić information content (AvgIpc) is 2.03. The molecule has 0 fully saturated rings. The highest BCUT2D eigenvalue weighted by molar-refractivity contribution is 4.66. The van der Waals surface area contributed by atoms with E-state index in [1.165, 1.54) is 0 Å². The standard InChI is InChI=1S/C9H21NO2/c1-4-5-10(8(2)3)6-9(12)7-11/h8-9,11-12H,4-7H2,1-3H3. The third kappa shape index (κ3) is 4.70. The van der Waals surface area contributed by atoms with Crippen molar-refractivity contribution in [2.45, 2.75) is 39.3 Å². The summed E-state index contributed by atoms with van der Waals surface area (Å²) in [5.41, 5.74) is 0. The van der Waals surface area contributed by atoms with Gasteiger partial charge in [-0.05, 0) is 26.8 Å². The summed E-state index contributed by atoms with van der Waals surface area (Å²) < 4.78 is 0. The number of aliphatic hydroxyl groups excluding tert-OH is 2. The van der Waals surface area contributed by atoms with Crippen LogP contribution in [0.25, 0.3) is 0 Å². The Kier molecular flexibility index (Phi) is 6.34. The van der Waals surface area contributed by atoms with Gasteiger partial charge in [-0.2, -0.15) is 0 Å². The Balaban J connectivity index is 3.77. The predicted molar refractivity (Wildman–Crippen MR) is 50.1 cm³/mol. The molecule has 74 valence electrons. The maximum absolute atomic E-state index is 9.21. The maximum Gasteiger partial charge on any atom is 0.0897 e. The van der Waals surface area contributed by atoms with E-state index in [-0.39, 0.29) is 6.61 Å². The van der Waals surface area contributed by atoms with Crippen molar-refractivity contribution in [3.05, 3.63) is 0 Å². The fourth-order valence-corrected chi connectivity index (χ4v) is 1.18. The largest absolute Gasteiger partial charge is 0.394 e. The van der Waals surface area contributed by atoms with E-state index in [4.69, 9.17) is 5.11 Å². The molecule has 0 bridgehead atoms. The Hall–Kier alpha value is -0.120.